The second-order valence-corrected chi connectivity index (χ2v) is 10.3. The predicted octanol–water partition coefficient (Wildman–Crippen LogP) is 7.70. The van der Waals surface area contributed by atoms with Gasteiger partial charge in [-0.15, -0.1) is 5.10 Å². The quantitative estimate of drug-likeness (QED) is 0.200. The van der Waals surface area contributed by atoms with Crippen LogP contribution in [0.4, 0.5) is 0 Å². The number of nitrogens with zero attached hydrogens (tertiary/aromatic N) is 4. The monoisotopic (exact) mass is 580 g/mol. The van der Waals surface area contributed by atoms with Crippen LogP contribution < -0.4 is 4.74 Å². The van der Waals surface area contributed by atoms with Crippen LogP contribution >= 0.6 is 34.8 Å². The number of halogens is 3. The zero-order chi connectivity index (χ0) is 27.1. The van der Waals surface area contributed by atoms with Gasteiger partial charge in [0.1, 0.15) is 29.5 Å². The first-order valence-corrected chi connectivity index (χ1v) is 13.1. The van der Waals surface area contributed by atoms with Gasteiger partial charge in [0.2, 0.25) is 0 Å². The minimum Gasteiger partial charge on any atom is -0.489 e. The van der Waals surface area contributed by atoms with Gasteiger partial charge in [-0.3, -0.25) is 0 Å². The maximum atomic E-state index is 11.3. The number of carbonyl (C=O) groups is 1. The SMILES string of the molecule is O=C(O)c1cccc(-n2cc(-c3ccc(OCc4c(-c5c(Cl)cccc5Cl)noc4C4CC4)cc3Cl)nn2)c1. The number of carboxylic acid groups (broad SMARTS) is 1. The molecule has 1 aliphatic carbocycles. The Balaban J connectivity index is 1.24. The summed E-state index contributed by atoms with van der Waals surface area (Å²) in [5.41, 5.74) is 3.88. The molecule has 8 nitrogen and oxygen atoms in total. The first-order valence-electron chi connectivity index (χ1n) is 12.0. The van der Waals surface area contributed by atoms with Crippen molar-refractivity contribution in [2.24, 2.45) is 0 Å². The molecule has 0 aliphatic heterocycles. The molecule has 0 unspecified atom stereocenters. The topological polar surface area (TPSA) is 103 Å². The highest BCUT2D eigenvalue weighted by Crippen LogP contribution is 2.46. The van der Waals surface area contributed by atoms with E-state index in [1.165, 1.54) is 16.8 Å². The summed E-state index contributed by atoms with van der Waals surface area (Å²) in [6.45, 7) is 0.192. The molecule has 0 bridgehead atoms. The van der Waals surface area contributed by atoms with Crippen LogP contribution in [0.5, 0.6) is 5.75 Å². The second kappa shape index (κ2) is 10.4. The van der Waals surface area contributed by atoms with Crippen molar-refractivity contribution in [3.8, 4) is 34.0 Å². The van der Waals surface area contributed by atoms with E-state index >= 15 is 0 Å². The lowest BCUT2D eigenvalue weighted by Gasteiger charge is -2.10. The minimum absolute atomic E-state index is 0.154. The maximum absolute atomic E-state index is 11.3. The molecule has 0 radical (unpaired) electrons. The number of rotatable bonds is 8. The van der Waals surface area contributed by atoms with E-state index in [1.807, 2.05) is 0 Å². The summed E-state index contributed by atoms with van der Waals surface area (Å²) in [5.74, 6) is 0.612. The van der Waals surface area contributed by atoms with Crippen LogP contribution in [-0.4, -0.2) is 31.2 Å². The fraction of sp³-hybridized carbons (Fsp3) is 0.143. The molecule has 3 aromatic carbocycles. The van der Waals surface area contributed by atoms with Gasteiger partial charge in [-0.05, 0) is 61.4 Å². The van der Waals surface area contributed by atoms with Gasteiger partial charge in [0.15, 0.2) is 0 Å². The number of aromatic carboxylic acids is 1. The fourth-order valence-corrected chi connectivity index (χ4v) is 5.14. The molecule has 1 fully saturated rings. The third kappa shape index (κ3) is 5.11. The van der Waals surface area contributed by atoms with E-state index in [9.17, 15) is 9.90 Å². The lowest BCUT2D eigenvalue weighted by molar-refractivity contribution is 0.0697. The number of carboxylic acids is 1. The molecular weight excluding hydrogens is 563 g/mol. The summed E-state index contributed by atoms with van der Waals surface area (Å²) in [5, 5.41) is 23.3. The number of benzene rings is 3. The summed E-state index contributed by atoms with van der Waals surface area (Å²) in [6.07, 6.45) is 3.74. The van der Waals surface area contributed by atoms with Gasteiger partial charge in [0, 0.05) is 17.0 Å². The third-order valence-electron chi connectivity index (χ3n) is 6.42. The van der Waals surface area contributed by atoms with E-state index in [0.29, 0.717) is 54.9 Å². The molecule has 11 heteroatoms. The Hall–Kier alpha value is -3.85. The van der Waals surface area contributed by atoms with Crippen LogP contribution in [0, 0.1) is 0 Å². The van der Waals surface area contributed by atoms with E-state index in [0.717, 1.165) is 24.2 Å². The average molecular weight is 582 g/mol. The molecule has 1 aliphatic rings. The smallest absolute Gasteiger partial charge is 0.335 e. The summed E-state index contributed by atoms with van der Waals surface area (Å²) in [7, 11) is 0. The van der Waals surface area contributed by atoms with Crippen molar-refractivity contribution in [3.05, 3.63) is 98.8 Å². The first-order chi connectivity index (χ1) is 18.9. The van der Waals surface area contributed by atoms with Crippen LogP contribution in [0.2, 0.25) is 15.1 Å². The zero-order valence-corrected chi connectivity index (χ0v) is 22.4. The van der Waals surface area contributed by atoms with Crippen molar-refractivity contribution >= 4 is 40.8 Å². The first kappa shape index (κ1) is 25.4. The fourth-order valence-electron chi connectivity index (χ4n) is 4.29. The summed E-state index contributed by atoms with van der Waals surface area (Å²) in [6, 6.07) is 17.0. The third-order valence-corrected chi connectivity index (χ3v) is 7.36. The van der Waals surface area contributed by atoms with Crippen LogP contribution in [0.15, 0.2) is 71.4 Å². The normalized spacial score (nSPS) is 13.0. The maximum Gasteiger partial charge on any atom is 0.335 e. The van der Waals surface area contributed by atoms with Crippen LogP contribution in [0.1, 0.15) is 40.4 Å². The van der Waals surface area contributed by atoms with Gasteiger partial charge in [-0.1, -0.05) is 57.3 Å². The van der Waals surface area contributed by atoms with Gasteiger partial charge in [0.25, 0.3) is 0 Å². The summed E-state index contributed by atoms with van der Waals surface area (Å²) < 4.78 is 13.3. The Bertz CT molecular complexity index is 1690. The largest absolute Gasteiger partial charge is 0.489 e. The van der Waals surface area contributed by atoms with Crippen molar-refractivity contribution in [2.45, 2.75) is 25.4 Å². The van der Waals surface area contributed by atoms with E-state index in [1.54, 1.807) is 54.7 Å². The van der Waals surface area contributed by atoms with Crippen molar-refractivity contribution in [2.75, 3.05) is 0 Å². The van der Waals surface area contributed by atoms with E-state index in [-0.39, 0.29) is 12.2 Å². The molecule has 5 aromatic rings. The number of hydrogen-bond acceptors (Lipinski definition) is 6. The molecule has 0 amide bonds. The molecule has 6 rings (SSSR count). The number of ether oxygens (including phenoxy) is 1. The van der Waals surface area contributed by atoms with Gasteiger partial charge < -0.3 is 14.4 Å². The molecular formula is C28H19Cl3N4O4. The van der Waals surface area contributed by atoms with Crippen molar-refractivity contribution < 1.29 is 19.2 Å². The molecule has 39 heavy (non-hydrogen) atoms. The van der Waals surface area contributed by atoms with Gasteiger partial charge >= 0.3 is 5.97 Å². The zero-order valence-electron chi connectivity index (χ0n) is 20.1. The Morgan fingerprint density at radius 2 is 1.79 bits per heavy atom. The molecule has 2 heterocycles. The molecule has 0 spiro atoms. The van der Waals surface area contributed by atoms with E-state index in [4.69, 9.17) is 44.1 Å². The summed E-state index contributed by atoms with van der Waals surface area (Å²) in [4.78, 5) is 11.3. The Kier molecular flexibility index (Phi) is 6.76. The van der Waals surface area contributed by atoms with Crippen LogP contribution in [0.3, 0.4) is 0 Å². The van der Waals surface area contributed by atoms with Gasteiger partial charge in [0.05, 0.1) is 38.1 Å². The highest BCUT2D eigenvalue weighted by molar-refractivity contribution is 6.39. The molecule has 1 N–H and O–H groups in total. The molecule has 2 aromatic heterocycles. The average Bonchev–Trinajstić information content (AvgIpc) is 3.50. The highest BCUT2D eigenvalue weighted by atomic mass is 35.5. The Morgan fingerprint density at radius 1 is 1.03 bits per heavy atom. The van der Waals surface area contributed by atoms with Crippen molar-refractivity contribution in [1.82, 2.24) is 20.2 Å². The predicted molar refractivity (Wildman–Crippen MR) is 147 cm³/mol. The van der Waals surface area contributed by atoms with Crippen LogP contribution in [-0.2, 0) is 6.61 Å². The van der Waals surface area contributed by atoms with E-state index < -0.39 is 5.97 Å². The van der Waals surface area contributed by atoms with Crippen molar-refractivity contribution in [3.63, 3.8) is 0 Å². The summed E-state index contributed by atoms with van der Waals surface area (Å²) >= 11 is 19.5. The number of hydrogen-bond donors (Lipinski definition) is 1. The lowest BCUT2D eigenvalue weighted by atomic mass is 10.0. The highest BCUT2D eigenvalue weighted by Gasteiger charge is 2.33. The Morgan fingerprint density at radius 3 is 2.51 bits per heavy atom. The minimum atomic E-state index is -1.02. The standard InChI is InChI=1S/C28H19Cl3N4O4/c29-21-5-2-6-22(30)25(21)26-20(27(39-33-26)15-7-8-15)14-38-18-9-10-19(23(31)12-18)24-13-35(34-32-24)17-4-1-3-16(11-17)28(36)37/h1-6,9-13,15H,7-8,14H2,(H,36,37). The van der Waals surface area contributed by atoms with Gasteiger partial charge in [-0.25, -0.2) is 9.48 Å². The van der Waals surface area contributed by atoms with Crippen molar-refractivity contribution in [1.29, 1.82) is 0 Å². The molecule has 1 saturated carbocycles. The van der Waals surface area contributed by atoms with E-state index in [2.05, 4.69) is 15.5 Å². The van der Waals surface area contributed by atoms with Gasteiger partial charge in [-0.2, -0.15) is 0 Å². The number of aromatic nitrogens is 4. The molecule has 0 saturated heterocycles. The molecule has 196 valence electrons. The second-order valence-electron chi connectivity index (χ2n) is 9.08. The molecule has 0 atom stereocenters. The van der Waals surface area contributed by atoms with Crippen LogP contribution in [0.25, 0.3) is 28.2 Å². The lowest BCUT2D eigenvalue weighted by Crippen LogP contribution is -2.00. The Labute approximate surface area is 237 Å².